The number of fused-ring (bicyclic) bond motifs is 1. The van der Waals surface area contributed by atoms with Crippen molar-refractivity contribution in [2.45, 2.75) is 38.3 Å². The summed E-state index contributed by atoms with van der Waals surface area (Å²) in [6, 6.07) is 8.96. The van der Waals surface area contributed by atoms with Crippen LogP contribution in [-0.4, -0.2) is 45.7 Å². The minimum Gasteiger partial charge on any atom is -0.360 e. The molecule has 9 heteroatoms. The predicted molar refractivity (Wildman–Crippen MR) is 104 cm³/mol. The van der Waals surface area contributed by atoms with Crippen molar-refractivity contribution in [3.63, 3.8) is 0 Å². The van der Waals surface area contributed by atoms with Crippen molar-refractivity contribution < 1.29 is 19.0 Å². The number of imidazole rings is 1. The first-order valence-electron chi connectivity index (χ1n) is 9.87. The Hall–Kier alpha value is -3.20. The van der Waals surface area contributed by atoms with Gasteiger partial charge in [-0.25, -0.2) is 9.69 Å². The molecule has 2 saturated heterocycles. The van der Waals surface area contributed by atoms with Gasteiger partial charge in [-0.2, -0.15) is 0 Å². The first kappa shape index (κ1) is 17.9. The summed E-state index contributed by atoms with van der Waals surface area (Å²) in [6.07, 6.45) is 1.73. The zero-order valence-corrected chi connectivity index (χ0v) is 16.1. The topological polar surface area (TPSA) is 106 Å². The van der Waals surface area contributed by atoms with Gasteiger partial charge in [-0.3, -0.25) is 14.2 Å². The summed E-state index contributed by atoms with van der Waals surface area (Å²) in [5, 5.41) is 3.82. The lowest BCUT2D eigenvalue weighted by Gasteiger charge is -2.32. The van der Waals surface area contributed by atoms with E-state index in [-0.39, 0.29) is 35.8 Å². The van der Waals surface area contributed by atoms with Gasteiger partial charge in [0.25, 0.3) is 5.91 Å². The average molecular weight is 396 g/mol. The number of amides is 2. The molecule has 1 aromatic carbocycles. The molecule has 0 saturated carbocycles. The Kier molecular flexibility index (Phi) is 4.13. The number of imide groups is 1. The summed E-state index contributed by atoms with van der Waals surface area (Å²) in [5.41, 5.74) is 1.65. The van der Waals surface area contributed by atoms with Gasteiger partial charge in [0, 0.05) is 24.9 Å². The van der Waals surface area contributed by atoms with Gasteiger partial charge in [-0.05, 0) is 19.1 Å². The van der Waals surface area contributed by atoms with Crippen molar-refractivity contribution in [2.75, 3.05) is 18.0 Å². The lowest BCUT2D eigenvalue weighted by molar-refractivity contribution is -0.920. The lowest BCUT2D eigenvalue weighted by Crippen LogP contribution is -3.17. The number of carbonyl (C=O) groups excluding carboxylic acids is 2. The fourth-order valence-electron chi connectivity index (χ4n) is 4.67. The summed E-state index contributed by atoms with van der Waals surface area (Å²) in [7, 11) is 0. The van der Waals surface area contributed by atoms with Crippen LogP contribution in [0.25, 0.3) is 11.0 Å². The van der Waals surface area contributed by atoms with Gasteiger partial charge in [0.15, 0.2) is 11.9 Å². The number of piperidine rings is 1. The molecule has 2 fully saturated rings. The Morgan fingerprint density at radius 1 is 1.17 bits per heavy atom. The van der Waals surface area contributed by atoms with Crippen LogP contribution in [0.1, 0.15) is 31.1 Å². The van der Waals surface area contributed by atoms with Crippen LogP contribution in [0.2, 0.25) is 0 Å². The van der Waals surface area contributed by atoms with Crippen LogP contribution < -0.4 is 15.5 Å². The highest BCUT2D eigenvalue weighted by molar-refractivity contribution is 6.21. The summed E-state index contributed by atoms with van der Waals surface area (Å²) < 4.78 is 6.85. The minimum atomic E-state index is -0.403. The van der Waals surface area contributed by atoms with E-state index in [9.17, 15) is 14.4 Å². The number of para-hydroxylation sites is 2. The van der Waals surface area contributed by atoms with E-state index in [1.807, 2.05) is 28.8 Å². The fourth-order valence-corrected chi connectivity index (χ4v) is 4.67. The van der Waals surface area contributed by atoms with Gasteiger partial charge in [0.1, 0.15) is 5.76 Å². The third kappa shape index (κ3) is 2.89. The molecule has 0 spiro atoms. The average Bonchev–Trinajstić information content (AvgIpc) is 3.36. The summed E-state index contributed by atoms with van der Waals surface area (Å²) in [4.78, 5) is 43.0. The van der Waals surface area contributed by atoms with Crippen molar-refractivity contribution in [3.8, 4) is 0 Å². The molecular formula is C20H22N5O4+. The van der Waals surface area contributed by atoms with E-state index < -0.39 is 6.04 Å². The molecule has 2 amide bonds. The maximum absolute atomic E-state index is 12.9. The fraction of sp³-hybridized carbons (Fsp3) is 0.400. The predicted octanol–water partition coefficient (Wildman–Crippen LogP) is 0.178. The largest absolute Gasteiger partial charge is 0.360 e. The lowest BCUT2D eigenvalue weighted by atomic mass is 10.0. The van der Waals surface area contributed by atoms with Gasteiger partial charge in [0.2, 0.25) is 5.91 Å². The molecule has 1 atom stereocenters. The molecule has 9 nitrogen and oxygen atoms in total. The second-order valence-corrected chi connectivity index (χ2v) is 7.83. The van der Waals surface area contributed by atoms with Crippen LogP contribution in [0.3, 0.4) is 0 Å². The molecule has 0 aliphatic carbocycles. The number of nitrogens with one attached hydrogen (secondary N) is 2. The second kappa shape index (κ2) is 6.70. The normalized spacial score (nSPS) is 25.3. The highest BCUT2D eigenvalue weighted by Gasteiger charge is 2.47. The Morgan fingerprint density at radius 2 is 1.93 bits per heavy atom. The zero-order valence-electron chi connectivity index (χ0n) is 16.1. The van der Waals surface area contributed by atoms with Crippen molar-refractivity contribution in [2.24, 2.45) is 0 Å². The molecule has 150 valence electrons. The molecule has 2 aliphatic heterocycles. The highest BCUT2D eigenvalue weighted by atomic mass is 16.5. The number of H-pyrrole nitrogens is 1. The maximum atomic E-state index is 12.9. The Morgan fingerprint density at radius 3 is 2.66 bits per heavy atom. The standard InChI is InChI=1S/C20H21N5O4/c1-12-10-17(22-29-12)25-18(26)11-16(19(25)27)23-8-6-13(7-9-23)24-15-5-3-2-4-14(15)21-20(24)28/h2-5,10,13,16H,6-9,11H2,1H3,(H,21,28)/p+1/t16-/m1/s1. The number of aryl methyl sites for hydroxylation is 1. The molecule has 2 aliphatic rings. The number of likely N-dealkylation sites (tertiary alicyclic amines) is 1. The van der Waals surface area contributed by atoms with Crippen LogP contribution in [-0.2, 0) is 9.59 Å². The molecular weight excluding hydrogens is 374 g/mol. The van der Waals surface area contributed by atoms with Gasteiger partial charge in [0.05, 0.1) is 30.5 Å². The Bertz CT molecular complexity index is 1150. The second-order valence-electron chi connectivity index (χ2n) is 7.83. The first-order valence-corrected chi connectivity index (χ1v) is 9.87. The van der Waals surface area contributed by atoms with Crippen molar-refractivity contribution in [1.29, 1.82) is 0 Å². The maximum Gasteiger partial charge on any atom is 0.326 e. The van der Waals surface area contributed by atoms with E-state index in [1.165, 1.54) is 0 Å². The molecule has 29 heavy (non-hydrogen) atoms. The van der Waals surface area contributed by atoms with E-state index in [0.717, 1.165) is 46.8 Å². The van der Waals surface area contributed by atoms with Crippen molar-refractivity contribution in [3.05, 3.63) is 46.6 Å². The highest BCUT2D eigenvalue weighted by Crippen LogP contribution is 2.24. The molecule has 4 heterocycles. The molecule has 5 rings (SSSR count). The van der Waals surface area contributed by atoms with Crippen LogP contribution in [0.5, 0.6) is 0 Å². The van der Waals surface area contributed by atoms with Gasteiger partial charge >= 0.3 is 5.69 Å². The van der Waals surface area contributed by atoms with Crippen LogP contribution in [0.15, 0.2) is 39.6 Å². The van der Waals surface area contributed by atoms with E-state index in [1.54, 1.807) is 13.0 Å². The molecule has 0 unspecified atom stereocenters. The third-order valence-corrected chi connectivity index (χ3v) is 6.07. The van der Waals surface area contributed by atoms with Crippen LogP contribution in [0, 0.1) is 6.92 Å². The number of aromatic nitrogens is 3. The number of quaternary nitrogens is 1. The van der Waals surface area contributed by atoms with E-state index in [4.69, 9.17) is 4.52 Å². The number of carbonyl (C=O) groups is 2. The molecule has 0 radical (unpaired) electrons. The monoisotopic (exact) mass is 396 g/mol. The molecule has 3 aromatic rings. The minimum absolute atomic E-state index is 0.0869. The smallest absolute Gasteiger partial charge is 0.326 e. The van der Waals surface area contributed by atoms with Crippen LogP contribution in [0.4, 0.5) is 5.82 Å². The number of aromatic amines is 1. The van der Waals surface area contributed by atoms with Gasteiger partial charge in [-0.1, -0.05) is 17.3 Å². The molecule has 2 N–H and O–H groups in total. The summed E-state index contributed by atoms with van der Waals surface area (Å²) in [5.74, 6) is 0.359. The van der Waals surface area contributed by atoms with Crippen LogP contribution >= 0.6 is 0 Å². The number of benzene rings is 1. The Labute approximate surface area is 165 Å². The van der Waals surface area contributed by atoms with E-state index in [2.05, 4.69) is 10.1 Å². The number of nitrogens with zero attached hydrogens (tertiary/aromatic N) is 3. The number of rotatable bonds is 3. The van der Waals surface area contributed by atoms with E-state index in [0.29, 0.717) is 5.76 Å². The van der Waals surface area contributed by atoms with Gasteiger partial charge in [-0.15, -0.1) is 0 Å². The zero-order chi connectivity index (χ0) is 20.1. The Balaban J connectivity index is 1.32. The summed E-state index contributed by atoms with van der Waals surface area (Å²) in [6.45, 7) is 3.18. The number of hydrogen-bond donors (Lipinski definition) is 2. The third-order valence-electron chi connectivity index (χ3n) is 6.07. The number of hydrogen-bond acceptors (Lipinski definition) is 5. The number of anilines is 1. The van der Waals surface area contributed by atoms with Crippen molar-refractivity contribution >= 4 is 28.7 Å². The van der Waals surface area contributed by atoms with Gasteiger partial charge < -0.3 is 14.4 Å². The first-order chi connectivity index (χ1) is 14.0. The SMILES string of the molecule is Cc1cc(N2C(=O)C[C@@H]([NH+]3CCC(n4c(=O)[nH]c5ccccc54)CC3)C2=O)no1. The van der Waals surface area contributed by atoms with Crippen molar-refractivity contribution in [1.82, 2.24) is 14.7 Å². The quantitative estimate of drug-likeness (QED) is 0.615. The molecule has 2 aromatic heterocycles. The van der Waals surface area contributed by atoms with E-state index >= 15 is 0 Å². The molecule has 0 bridgehead atoms. The summed E-state index contributed by atoms with van der Waals surface area (Å²) >= 11 is 0.